The highest BCUT2D eigenvalue weighted by molar-refractivity contribution is 8.18. The Kier molecular flexibility index (Phi) is 4.21. The van der Waals surface area contributed by atoms with E-state index in [-0.39, 0.29) is 24.0 Å². The van der Waals surface area contributed by atoms with Crippen LogP contribution in [-0.4, -0.2) is 36.0 Å². The number of rotatable bonds is 4. The molecule has 1 atom stereocenters. The number of amides is 2. The van der Waals surface area contributed by atoms with Crippen molar-refractivity contribution in [3.8, 4) is 17.2 Å². The molecule has 0 aromatic heterocycles. The number of hydrogen-bond donors (Lipinski definition) is 0. The predicted molar refractivity (Wildman–Crippen MR) is 86.7 cm³/mol. The van der Waals surface area contributed by atoms with E-state index in [1.165, 1.54) is 12.0 Å². The van der Waals surface area contributed by atoms with E-state index in [2.05, 4.69) is 0 Å². The molecular weight excluding hydrogens is 318 g/mol. The molecule has 1 fully saturated rings. The fourth-order valence-electron chi connectivity index (χ4n) is 2.43. The summed E-state index contributed by atoms with van der Waals surface area (Å²) in [5.41, 5.74) is 0.723. The van der Waals surface area contributed by atoms with Gasteiger partial charge in [0.15, 0.2) is 11.5 Å². The van der Waals surface area contributed by atoms with Crippen LogP contribution in [-0.2, 0) is 4.79 Å². The molecule has 0 saturated carbocycles. The molecular formula is C16H17NO5S. The molecule has 3 rings (SSSR count). The fourth-order valence-corrected chi connectivity index (χ4v) is 3.36. The highest BCUT2D eigenvalue weighted by Crippen LogP contribution is 2.43. The minimum atomic E-state index is -0.258. The molecule has 1 aromatic carbocycles. The molecule has 2 heterocycles. The number of nitrogens with zero attached hydrogens (tertiary/aromatic N) is 1. The Morgan fingerprint density at radius 3 is 2.87 bits per heavy atom. The van der Waals surface area contributed by atoms with Crippen LogP contribution in [0.5, 0.6) is 17.2 Å². The molecule has 23 heavy (non-hydrogen) atoms. The molecule has 7 heteroatoms. The third-order valence-electron chi connectivity index (χ3n) is 3.83. The summed E-state index contributed by atoms with van der Waals surface area (Å²) in [4.78, 5) is 26.2. The summed E-state index contributed by atoms with van der Waals surface area (Å²) in [5, 5.41) is -0.233. The Labute approximate surface area is 138 Å². The summed E-state index contributed by atoms with van der Waals surface area (Å²) in [6.45, 7) is 3.95. The van der Waals surface area contributed by atoms with E-state index in [1.54, 1.807) is 18.2 Å². The lowest BCUT2D eigenvalue weighted by Crippen LogP contribution is -2.36. The number of hydrogen-bond acceptors (Lipinski definition) is 6. The molecule has 1 aromatic rings. The number of carbonyl (C=O) groups excluding carboxylic acids is 2. The van der Waals surface area contributed by atoms with Gasteiger partial charge < -0.3 is 14.2 Å². The minimum Gasteiger partial charge on any atom is -0.493 e. The molecule has 0 aliphatic carbocycles. The van der Waals surface area contributed by atoms with Crippen molar-refractivity contribution in [2.45, 2.75) is 26.3 Å². The number of carbonyl (C=O) groups is 2. The van der Waals surface area contributed by atoms with Gasteiger partial charge in [0.1, 0.15) is 0 Å². The van der Waals surface area contributed by atoms with E-state index < -0.39 is 0 Å². The van der Waals surface area contributed by atoms with Crippen LogP contribution in [0.4, 0.5) is 4.79 Å². The van der Waals surface area contributed by atoms with E-state index in [1.807, 2.05) is 13.8 Å². The topological polar surface area (TPSA) is 65.1 Å². The molecule has 6 nitrogen and oxygen atoms in total. The fraction of sp³-hybridized carbons (Fsp3) is 0.375. The molecule has 0 bridgehead atoms. The number of thioether (sulfide) groups is 1. The molecule has 0 N–H and O–H groups in total. The van der Waals surface area contributed by atoms with Gasteiger partial charge in [-0.3, -0.25) is 14.5 Å². The first-order chi connectivity index (χ1) is 11.0. The van der Waals surface area contributed by atoms with Gasteiger partial charge in [0.25, 0.3) is 11.1 Å². The largest absolute Gasteiger partial charge is 0.493 e. The van der Waals surface area contributed by atoms with Crippen molar-refractivity contribution in [1.82, 2.24) is 4.90 Å². The highest BCUT2D eigenvalue weighted by atomic mass is 32.2. The van der Waals surface area contributed by atoms with Crippen LogP contribution in [0.15, 0.2) is 17.0 Å². The zero-order chi connectivity index (χ0) is 16.6. The first kappa shape index (κ1) is 15.7. The number of imide groups is 1. The van der Waals surface area contributed by atoms with E-state index in [0.717, 1.165) is 23.7 Å². The minimum absolute atomic E-state index is 0.111. The predicted octanol–water partition coefficient (Wildman–Crippen LogP) is 3.26. The van der Waals surface area contributed by atoms with Gasteiger partial charge in [-0.25, -0.2) is 0 Å². The number of methoxy groups -OCH3 is 1. The summed E-state index contributed by atoms with van der Waals surface area (Å²) in [5.74, 6) is 1.40. The van der Waals surface area contributed by atoms with Crippen LogP contribution in [0.3, 0.4) is 0 Å². The van der Waals surface area contributed by atoms with E-state index in [9.17, 15) is 9.59 Å². The average molecular weight is 335 g/mol. The van der Waals surface area contributed by atoms with Gasteiger partial charge in [-0.05, 0) is 48.9 Å². The second-order valence-corrected chi connectivity index (χ2v) is 6.26. The monoisotopic (exact) mass is 335 g/mol. The first-order valence-corrected chi connectivity index (χ1v) is 8.11. The van der Waals surface area contributed by atoms with Gasteiger partial charge in [-0.1, -0.05) is 6.92 Å². The second kappa shape index (κ2) is 6.16. The van der Waals surface area contributed by atoms with Gasteiger partial charge in [0.2, 0.25) is 12.5 Å². The standard InChI is InChI=1S/C16H17NO5S/c1-4-9(2)17-15(18)13(23-16(17)19)7-10-5-11(20-3)14-12(6-10)21-8-22-14/h5-7,9H,4,8H2,1-3H3/b13-7+. The smallest absolute Gasteiger partial charge is 0.293 e. The molecule has 2 aliphatic rings. The molecule has 1 saturated heterocycles. The van der Waals surface area contributed by atoms with Gasteiger partial charge in [-0.15, -0.1) is 0 Å². The van der Waals surface area contributed by atoms with Crippen LogP contribution >= 0.6 is 11.8 Å². The zero-order valence-electron chi connectivity index (χ0n) is 13.1. The lowest BCUT2D eigenvalue weighted by molar-refractivity contribution is -0.124. The van der Waals surface area contributed by atoms with Crippen molar-refractivity contribution in [2.75, 3.05) is 13.9 Å². The van der Waals surface area contributed by atoms with Crippen molar-refractivity contribution >= 4 is 29.0 Å². The van der Waals surface area contributed by atoms with Crippen LogP contribution in [0.2, 0.25) is 0 Å². The summed E-state index contributed by atoms with van der Waals surface area (Å²) in [7, 11) is 1.54. The summed E-state index contributed by atoms with van der Waals surface area (Å²) in [6.07, 6.45) is 2.40. The van der Waals surface area contributed by atoms with Gasteiger partial charge in [0.05, 0.1) is 12.0 Å². The van der Waals surface area contributed by atoms with E-state index in [0.29, 0.717) is 22.2 Å². The summed E-state index contributed by atoms with van der Waals surface area (Å²) >= 11 is 0.953. The normalized spacial score (nSPS) is 19.6. The molecule has 2 aliphatic heterocycles. The van der Waals surface area contributed by atoms with Crippen LogP contribution in [0.25, 0.3) is 6.08 Å². The molecule has 2 amide bonds. The van der Waals surface area contributed by atoms with Crippen molar-refractivity contribution in [3.05, 3.63) is 22.6 Å². The van der Waals surface area contributed by atoms with Crippen molar-refractivity contribution < 1.29 is 23.8 Å². The molecule has 0 spiro atoms. The van der Waals surface area contributed by atoms with Gasteiger partial charge in [0, 0.05) is 6.04 Å². The number of fused-ring (bicyclic) bond motifs is 1. The lowest BCUT2D eigenvalue weighted by atomic mass is 10.1. The maximum Gasteiger partial charge on any atom is 0.293 e. The Bertz CT molecular complexity index is 700. The second-order valence-electron chi connectivity index (χ2n) is 5.27. The van der Waals surface area contributed by atoms with Gasteiger partial charge >= 0.3 is 0 Å². The Hall–Kier alpha value is -2.15. The quantitative estimate of drug-likeness (QED) is 0.787. The zero-order valence-corrected chi connectivity index (χ0v) is 13.9. The van der Waals surface area contributed by atoms with Crippen LogP contribution in [0.1, 0.15) is 25.8 Å². The Morgan fingerprint density at radius 2 is 2.17 bits per heavy atom. The van der Waals surface area contributed by atoms with E-state index >= 15 is 0 Å². The number of benzene rings is 1. The average Bonchev–Trinajstić information content (AvgIpc) is 3.11. The van der Waals surface area contributed by atoms with Crippen molar-refractivity contribution in [1.29, 1.82) is 0 Å². The van der Waals surface area contributed by atoms with E-state index in [4.69, 9.17) is 14.2 Å². The third-order valence-corrected chi connectivity index (χ3v) is 4.72. The Morgan fingerprint density at radius 1 is 1.39 bits per heavy atom. The number of ether oxygens (including phenoxy) is 3. The van der Waals surface area contributed by atoms with Crippen LogP contribution in [0, 0.1) is 0 Å². The molecule has 1 unspecified atom stereocenters. The molecule has 0 radical (unpaired) electrons. The summed E-state index contributed by atoms with van der Waals surface area (Å²) < 4.78 is 16.0. The SMILES string of the molecule is CCC(C)N1C(=O)S/C(=C/c2cc(OC)c3c(c2)OCO3)C1=O. The maximum absolute atomic E-state index is 12.4. The van der Waals surface area contributed by atoms with Crippen LogP contribution < -0.4 is 14.2 Å². The lowest BCUT2D eigenvalue weighted by Gasteiger charge is -2.19. The first-order valence-electron chi connectivity index (χ1n) is 7.29. The summed E-state index contributed by atoms with van der Waals surface area (Å²) in [6, 6.07) is 3.41. The maximum atomic E-state index is 12.4. The Balaban J connectivity index is 1.94. The third kappa shape index (κ3) is 2.76. The highest BCUT2D eigenvalue weighted by Gasteiger charge is 2.37. The van der Waals surface area contributed by atoms with Gasteiger partial charge in [-0.2, -0.15) is 0 Å². The van der Waals surface area contributed by atoms with Crippen molar-refractivity contribution in [3.63, 3.8) is 0 Å². The van der Waals surface area contributed by atoms with Crippen molar-refractivity contribution in [2.24, 2.45) is 0 Å². The molecule has 122 valence electrons.